The van der Waals surface area contributed by atoms with Gasteiger partial charge in [-0.05, 0) is 30.4 Å². The second-order valence-corrected chi connectivity index (χ2v) is 8.16. The molecule has 27 heavy (non-hydrogen) atoms. The number of carbonyl (C=O) groups is 1. The summed E-state index contributed by atoms with van der Waals surface area (Å²) < 4.78 is 7.94. The molecule has 2 aromatic rings. The summed E-state index contributed by atoms with van der Waals surface area (Å²) in [4.78, 5) is 12.7. The number of fused-ring (bicyclic) bond motifs is 1. The van der Waals surface area contributed by atoms with Crippen LogP contribution >= 0.6 is 0 Å². The Bertz CT molecular complexity index is 778. The van der Waals surface area contributed by atoms with Crippen molar-refractivity contribution >= 4 is 5.91 Å². The summed E-state index contributed by atoms with van der Waals surface area (Å²) in [5.74, 6) is 0.168. The van der Waals surface area contributed by atoms with Crippen molar-refractivity contribution < 1.29 is 9.53 Å². The minimum atomic E-state index is -0.220. The smallest absolute Gasteiger partial charge is 0.226 e. The maximum atomic E-state index is 12.7. The molecule has 5 nitrogen and oxygen atoms in total. The molecule has 0 radical (unpaired) electrons. The first-order valence-electron chi connectivity index (χ1n) is 10.1. The zero-order valence-corrected chi connectivity index (χ0v) is 16.1. The molecule has 1 amide bonds. The van der Waals surface area contributed by atoms with Crippen LogP contribution in [0.5, 0.6) is 0 Å². The lowest BCUT2D eigenvalue weighted by Crippen LogP contribution is -2.42. The van der Waals surface area contributed by atoms with Crippen molar-refractivity contribution in [3.63, 3.8) is 0 Å². The summed E-state index contributed by atoms with van der Waals surface area (Å²) in [7, 11) is 0. The van der Waals surface area contributed by atoms with E-state index in [1.807, 2.05) is 22.9 Å². The molecule has 1 aliphatic heterocycles. The van der Waals surface area contributed by atoms with Gasteiger partial charge in [-0.25, -0.2) is 0 Å². The molecule has 4 rings (SSSR count). The largest absolute Gasteiger partial charge is 0.370 e. The second kappa shape index (κ2) is 7.85. The van der Waals surface area contributed by atoms with Gasteiger partial charge in [0, 0.05) is 18.2 Å². The predicted molar refractivity (Wildman–Crippen MR) is 104 cm³/mol. The molecule has 0 saturated heterocycles. The zero-order valence-electron chi connectivity index (χ0n) is 16.1. The predicted octanol–water partition coefficient (Wildman–Crippen LogP) is 3.63. The number of carbonyl (C=O) groups excluding carboxylic acids is 1. The maximum absolute atomic E-state index is 12.7. The van der Waals surface area contributed by atoms with Gasteiger partial charge >= 0.3 is 0 Å². The van der Waals surface area contributed by atoms with Gasteiger partial charge in [-0.3, -0.25) is 9.48 Å². The summed E-state index contributed by atoms with van der Waals surface area (Å²) in [6, 6.07) is 10.3. The van der Waals surface area contributed by atoms with E-state index < -0.39 is 0 Å². The van der Waals surface area contributed by atoms with Gasteiger partial charge < -0.3 is 10.1 Å². The van der Waals surface area contributed by atoms with E-state index in [1.54, 1.807) is 0 Å². The van der Waals surface area contributed by atoms with Crippen LogP contribution in [0.1, 0.15) is 62.0 Å². The maximum Gasteiger partial charge on any atom is 0.226 e. The van der Waals surface area contributed by atoms with E-state index in [4.69, 9.17) is 9.84 Å². The SMILES string of the molecule is CC1(C(=O)NC[C@H]2OCCc3cn(Cc4ccccc4)nc32)CCCCC1. The fraction of sp³-hybridized carbons (Fsp3) is 0.545. The average Bonchev–Trinajstić information content (AvgIpc) is 3.10. The molecule has 2 heterocycles. The summed E-state index contributed by atoms with van der Waals surface area (Å²) in [5.41, 5.74) is 3.22. The fourth-order valence-electron chi connectivity index (χ4n) is 4.30. The Labute approximate surface area is 161 Å². The summed E-state index contributed by atoms with van der Waals surface area (Å²) in [5, 5.41) is 7.92. The van der Waals surface area contributed by atoms with Crippen LogP contribution in [0.4, 0.5) is 0 Å². The normalized spacial score (nSPS) is 21.4. The van der Waals surface area contributed by atoms with Crippen LogP contribution in [0, 0.1) is 5.41 Å². The quantitative estimate of drug-likeness (QED) is 0.878. The molecule has 2 aliphatic rings. The number of rotatable bonds is 5. The van der Waals surface area contributed by atoms with Crippen LogP contribution < -0.4 is 5.32 Å². The molecule has 5 heteroatoms. The first-order chi connectivity index (χ1) is 13.1. The van der Waals surface area contributed by atoms with Gasteiger partial charge in [-0.2, -0.15) is 5.10 Å². The third-order valence-electron chi connectivity index (χ3n) is 6.01. The number of nitrogens with zero attached hydrogens (tertiary/aromatic N) is 2. The number of hydrogen-bond acceptors (Lipinski definition) is 3. The van der Waals surface area contributed by atoms with Crippen molar-refractivity contribution in [2.45, 2.75) is 58.1 Å². The highest BCUT2D eigenvalue weighted by molar-refractivity contribution is 5.82. The second-order valence-electron chi connectivity index (χ2n) is 8.16. The Morgan fingerprint density at radius 3 is 2.81 bits per heavy atom. The minimum absolute atomic E-state index is 0.151. The Balaban J connectivity index is 1.41. The standard InChI is InChI=1S/C22H29N3O2/c1-22(11-6-3-7-12-22)21(26)23-14-19-20-18(10-13-27-19)16-25(24-20)15-17-8-4-2-5-9-17/h2,4-5,8-9,16,19H,3,6-7,10-15H2,1H3,(H,23,26)/t19-/m1/s1. The molecule has 0 unspecified atom stereocenters. The summed E-state index contributed by atoms with van der Waals surface area (Å²) in [6.45, 7) is 4.04. The van der Waals surface area contributed by atoms with Crippen LogP contribution in [0.2, 0.25) is 0 Å². The molecular weight excluding hydrogens is 338 g/mol. The molecule has 1 aromatic heterocycles. The van der Waals surface area contributed by atoms with Gasteiger partial charge in [0.05, 0.1) is 18.8 Å². The molecule has 0 spiro atoms. The lowest BCUT2D eigenvalue weighted by molar-refractivity contribution is -0.132. The fourth-order valence-corrected chi connectivity index (χ4v) is 4.30. The Morgan fingerprint density at radius 1 is 1.26 bits per heavy atom. The molecule has 0 bridgehead atoms. The lowest BCUT2D eigenvalue weighted by atomic mass is 9.75. The number of benzene rings is 1. The van der Waals surface area contributed by atoms with Crippen LogP contribution in [0.3, 0.4) is 0 Å². The Kier molecular flexibility index (Phi) is 5.30. The third kappa shape index (κ3) is 4.08. The molecule has 1 N–H and O–H groups in total. The number of nitrogens with one attached hydrogen (secondary N) is 1. The van der Waals surface area contributed by atoms with Crippen LogP contribution in [0.15, 0.2) is 36.5 Å². The number of hydrogen-bond donors (Lipinski definition) is 1. The van der Waals surface area contributed by atoms with E-state index in [-0.39, 0.29) is 17.4 Å². The monoisotopic (exact) mass is 367 g/mol. The van der Waals surface area contributed by atoms with Crippen LogP contribution in [-0.2, 0) is 22.5 Å². The molecule has 1 aromatic carbocycles. The minimum Gasteiger partial charge on any atom is -0.370 e. The molecular formula is C22H29N3O2. The van der Waals surface area contributed by atoms with E-state index in [9.17, 15) is 4.79 Å². The average molecular weight is 367 g/mol. The summed E-state index contributed by atoms with van der Waals surface area (Å²) in [6.07, 6.45) is 8.38. The highest BCUT2D eigenvalue weighted by atomic mass is 16.5. The van der Waals surface area contributed by atoms with Gasteiger partial charge in [0.2, 0.25) is 5.91 Å². The van der Waals surface area contributed by atoms with Gasteiger partial charge in [0.1, 0.15) is 6.10 Å². The molecule has 1 saturated carbocycles. The first kappa shape index (κ1) is 18.2. The number of aromatic nitrogens is 2. The lowest BCUT2D eigenvalue weighted by Gasteiger charge is -2.33. The van der Waals surface area contributed by atoms with Gasteiger partial charge in [-0.1, -0.05) is 56.5 Å². The first-order valence-corrected chi connectivity index (χ1v) is 10.1. The van der Waals surface area contributed by atoms with E-state index in [0.29, 0.717) is 13.2 Å². The van der Waals surface area contributed by atoms with Crippen molar-refractivity contribution in [2.75, 3.05) is 13.2 Å². The molecule has 144 valence electrons. The highest BCUT2D eigenvalue weighted by Crippen LogP contribution is 2.36. The van der Waals surface area contributed by atoms with E-state index in [0.717, 1.165) is 44.3 Å². The topological polar surface area (TPSA) is 56.1 Å². The van der Waals surface area contributed by atoms with Crippen molar-refractivity contribution in [1.82, 2.24) is 15.1 Å². The zero-order chi connectivity index (χ0) is 18.7. The van der Waals surface area contributed by atoms with E-state index in [1.165, 1.54) is 17.5 Å². The van der Waals surface area contributed by atoms with Gasteiger partial charge in [0.15, 0.2) is 0 Å². The van der Waals surface area contributed by atoms with Gasteiger partial charge in [0.25, 0.3) is 0 Å². The van der Waals surface area contributed by atoms with Crippen molar-refractivity contribution in [3.8, 4) is 0 Å². The van der Waals surface area contributed by atoms with E-state index >= 15 is 0 Å². The van der Waals surface area contributed by atoms with Crippen molar-refractivity contribution in [1.29, 1.82) is 0 Å². The number of ether oxygens (including phenoxy) is 1. The van der Waals surface area contributed by atoms with Gasteiger partial charge in [-0.15, -0.1) is 0 Å². The van der Waals surface area contributed by atoms with Crippen LogP contribution in [-0.4, -0.2) is 28.8 Å². The third-order valence-corrected chi connectivity index (χ3v) is 6.01. The van der Waals surface area contributed by atoms with Crippen molar-refractivity contribution in [2.24, 2.45) is 5.41 Å². The molecule has 1 fully saturated rings. The molecule has 1 aliphatic carbocycles. The Hall–Kier alpha value is -2.14. The van der Waals surface area contributed by atoms with E-state index in [2.05, 4.69) is 30.6 Å². The van der Waals surface area contributed by atoms with Crippen LogP contribution in [0.25, 0.3) is 0 Å². The highest BCUT2D eigenvalue weighted by Gasteiger charge is 2.35. The number of amides is 1. The summed E-state index contributed by atoms with van der Waals surface area (Å²) >= 11 is 0. The Morgan fingerprint density at radius 2 is 2.04 bits per heavy atom. The van der Waals surface area contributed by atoms with Crippen molar-refractivity contribution in [3.05, 3.63) is 53.3 Å². The molecule has 1 atom stereocenters.